The number of benzene rings is 3. The number of aryl methyl sites for hydroxylation is 1. The van der Waals surface area contributed by atoms with Crippen LogP contribution in [-0.4, -0.2) is 35.0 Å². The molecule has 0 atom stereocenters. The van der Waals surface area contributed by atoms with Gasteiger partial charge in [0.05, 0.1) is 23.9 Å². The Kier molecular flexibility index (Phi) is 8.39. The quantitative estimate of drug-likeness (QED) is 0.136. The monoisotopic (exact) mass is 612 g/mol. The van der Waals surface area contributed by atoms with Crippen LogP contribution in [0.2, 0.25) is 0 Å². The van der Waals surface area contributed by atoms with Gasteiger partial charge in [0.15, 0.2) is 6.61 Å². The Balaban J connectivity index is 1.29. The first-order chi connectivity index (χ1) is 22.0. The molecule has 0 N–H and O–H groups in total. The molecule has 0 radical (unpaired) electrons. The number of Topliss-reactive ketones (excluding diaryl/α,β-unsaturated/α-hetero) is 1. The van der Waals surface area contributed by atoms with Crippen LogP contribution in [0.25, 0.3) is 28.2 Å². The van der Waals surface area contributed by atoms with E-state index in [2.05, 4.69) is 51.1 Å². The highest BCUT2D eigenvalue weighted by molar-refractivity contribution is 6.08. The lowest BCUT2D eigenvalue weighted by atomic mass is 9.85. The number of nitrogens with zero attached hydrogens (tertiary/aromatic N) is 2. The summed E-state index contributed by atoms with van der Waals surface area (Å²) in [6.45, 7) is 10.1. The molecule has 234 valence electrons. The van der Waals surface area contributed by atoms with Gasteiger partial charge in [-0.15, -0.1) is 0 Å². The zero-order chi connectivity index (χ0) is 32.6. The van der Waals surface area contributed by atoms with E-state index in [4.69, 9.17) is 14.5 Å². The lowest BCUT2D eigenvalue weighted by Gasteiger charge is -2.23. The number of esters is 1. The number of carbonyl (C=O) groups excluding carboxylic acids is 2. The van der Waals surface area contributed by atoms with Crippen molar-refractivity contribution >= 4 is 34.3 Å². The second-order valence-corrected chi connectivity index (χ2v) is 13.0. The maximum atomic E-state index is 13.9. The molecule has 0 saturated heterocycles. The number of methoxy groups -OCH3 is 1. The van der Waals surface area contributed by atoms with E-state index < -0.39 is 5.97 Å². The SMILES string of the molecule is COc1ccc(-n2c(C)cc(C(=O)COC(=O)c3c4c(nc5ccccc35)C(=Cc3ccc(C(C)(C)C)cc3)CCC4)c2C)cc1. The van der Waals surface area contributed by atoms with Crippen LogP contribution in [0.1, 0.15) is 88.1 Å². The molecule has 0 amide bonds. The Labute approximate surface area is 270 Å². The van der Waals surface area contributed by atoms with Crippen molar-refractivity contribution in [2.45, 2.75) is 59.3 Å². The van der Waals surface area contributed by atoms with E-state index in [9.17, 15) is 9.59 Å². The smallest absolute Gasteiger partial charge is 0.339 e. The van der Waals surface area contributed by atoms with E-state index in [1.807, 2.05) is 73.0 Å². The Bertz CT molecular complexity index is 1970. The molecule has 0 aliphatic heterocycles. The number of para-hydroxylation sites is 1. The van der Waals surface area contributed by atoms with Gasteiger partial charge in [-0.2, -0.15) is 0 Å². The summed E-state index contributed by atoms with van der Waals surface area (Å²) in [4.78, 5) is 32.4. The highest BCUT2D eigenvalue weighted by atomic mass is 16.5. The van der Waals surface area contributed by atoms with E-state index in [1.165, 1.54) is 5.56 Å². The van der Waals surface area contributed by atoms with Gasteiger partial charge in [-0.1, -0.05) is 63.2 Å². The summed E-state index contributed by atoms with van der Waals surface area (Å²) in [5.74, 6) is 0.0216. The third-order valence-electron chi connectivity index (χ3n) is 8.89. The van der Waals surface area contributed by atoms with Gasteiger partial charge < -0.3 is 14.0 Å². The number of carbonyl (C=O) groups is 2. The number of ketones is 1. The summed E-state index contributed by atoms with van der Waals surface area (Å²) in [5.41, 5.74) is 9.71. The predicted molar refractivity (Wildman–Crippen MR) is 184 cm³/mol. The maximum Gasteiger partial charge on any atom is 0.339 e. The minimum Gasteiger partial charge on any atom is -0.497 e. The molecule has 2 aromatic heterocycles. The molecule has 2 heterocycles. The third kappa shape index (κ3) is 6.00. The fourth-order valence-corrected chi connectivity index (χ4v) is 6.44. The van der Waals surface area contributed by atoms with Crippen LogP contribution in [0.3, 0.4) is 0 Å². The highest BCUT2D eigenvalue weighted by Gasteiger charge is 2.27. The average Bonchev–Trinajstić information content (AvgIpc) is 3.35. The normalized spacial score (nSPS) is 13.9. The lowest BCUT2D eigenvalue weighted by Crippen LogP contribution is -2.19. The number of fused-ring (bicyclic) bond motifs is 2. The van der Waals surface area contributed by atoms with Gasteiger partial charge in [0.2, 0.25) is 5.78 Å². The summed E-state index contributed by atoms with van der Waals surface area (Å²) in [5, 5.41) is 0.743. The van der Waals surface area contributed by atoms with Crippen molar-refractivity contribution in [2.24, 2.45) is 0 Å². The molecule has 1 aliphatic carbocycles. The van der Waals surface area contributed by atoms with E-state index >= 15 is 0 Å². The summed E-state index contributed by atoms with van der Waals surface area (Å²) in [6.07, 6.45) is 4.67. The number of hydrogen-bond donors (Lipinski definition) is 0. The molecular formula is C40H40N2O4. The van der Waals surface area contributed by atoms with Crippen molar-refractivity contribution < 1.29 is 19.1 Å². The molecule has 6 heteroatoms. The molecule has 0 bridgehead atoms. The summed E-state index contributed by atoms with van der Waals surface area (Å²) in [6, 6.07) is 25.9. The fraction of sp³-hybridized carbons (Fsp3) is 0.275. The fourth-order valence-electron chi connectivity index (χ4n) is 6.44. The second-order valence-electron chi connectivity index (χ2n) is 13.0. The van der Waals surface area contributed by atoms with Gasteiger partial charge in [0, 0.05) is 28.0 Å². The molecular weight excluding hydrogens is 572 g/mol. The van der Waals surface area contributed by atoms with Crippen molar-refractivity contribution in [3.8, 4) is 11.4 Å². The predicted octanol–water partition coefficient (Wildman–Crippen LogP) is 8.87. The zero-order valence-corrected chi connectivity index (χ0v) is 27.4. The van der Waals surface area contributed by atoms with Crippen LogP contribution < -0.4 is 4.74 Å². The molecule has 3 aromatic carbocycles. The maximum absolute atomic E-state index is 13.9. The largest absolute Gasteiger partial charge is 0.497 e. The van der Waals surface area contributed by atoms with Gasteiger partial charge in [0.25, 0.3) is 0 Å². The van der Waals surface area contributed by atoms with Crippen molar-refractivity contribution in [1.29, 1.82) is 0 Å². The third-order valence-corrected chi connectivity index (χ3v) is 8.89. The minimum absolute atomic E-state index is 0.0816. The molecule has 0 spiro atoms. The van der Waals surface area contributed by atoms with Gasteiger partial charge in [-0.05, 0) is 103 Å². The number of allylic oxidation sites excluding steroid dienone is 1. The minimum atomic E-state index is -0.497. The summed E-state index contributed by atoms with van der Waals surface area (Å²) >= 11 is 0. The van der Waals surface area contributed by atoms with Crippen LogP contribution in [0, 0.1) is 13.8 Å². The molecule has 46 heavy (non-hydrogen) atoms. The number of aromatic nitrogens is 2. The lowest BCUT2D eigenvalue weighted by molar-refractivity contribution is 0.0475. The Morgan fingerprint density at radius 3 is 2.35 bits per heavy atom. The Morgan fingerprint density at radius 1 is 0.935 bits per heavy atom. The van der Waals surface area contributed by atoms with Crippen LogP contribution in [0.5, 0.6) is 5.75 Å². The van der Waals surface area contributed by atoms with E-state index in [1.54, 1.807) is 7.11 Å². The molecule has 0 fully saturated rings. The number of hydrogen-bond acceptors (Lipinski definition) is 5. The topological polar surface area (TPSA) is 70.4 Å². The molecule has 6 rings (SSSR count). The van der Waals surface area contributed by atoms with Crippen molar-refractivity contribution in [1.82, 2.24) is 9.55 Å². The molecule has 0 saturated carbocycles. The summed E-state index contributed by atoms with van der Waals surface area (Å²) < 4.78 is 13.1. The van der Waals surface area contributed by atoms with Gasteiger partial charge >= 0.3 is 5.97 Å². The summed E-state index contributed by atoms with van der Waals surface area (Å²) in [7, 11) is 1.63. The Hall–Kier alpha value is -4.97. The highest BCUT2D eigenvalue weighted by Crippen LogP contribution is 2.37. The first-order valence-electron chi connectivity index (χ1n) is 15.8. The van der Waals surface area contributed by atoms with E-state index in [-0.39, 0.29) is 17.8 Å². The van der Waals surface area contributed by atoms with Gasteiger partial charge in [0.1, 0.15) is 5.75 Å². The molecule has 6 nitrogen and oxygen atoms in total. The van der Waals surface area contributed by atoms with Crippen molar-refractivity contribution in [3.63, 3.8) is 0 Å². The first kappa shape index (κ1) is 31.0. The average molecular weight is 613 g/mol. The van der Waals surface area contributed by atoms with Crippen LogP contribution in [-0.2, 0) is 16.6 Å². The number of rotatable bonds is 7. The standard InChI is InChI=1S/C40H40N2O4/c1-25-22-34(26(2)42(25)30-18-20-31(45-6)21-19-30)36(43)24-46-39(44)37-32-11-7-8-13-35(32)41-38-28(10-9-12-33(37)38)23-27-14-16-29(17-15-27)40(3,4)5/h7-8,11,13-23H,9-10,12,24H2,1-6H3. The second kappa shape index (κ2) is 12.4. The molecule has 0 unspecified atom stereocenters. The number of pyridine rings is 1. The van der Waals surface area contributed by atoms with Crippen molar-refractivity contribution in [2.75, 3.05) is 13.7 Å². The van der Waals surface area contributed by atoms with Crippen LogP contribution in [0.15, 0.2) is 78.9 Å². The van der Waals surface area contributed by atoms with Gasteiger partial charge in [-0.25, -0.2) is 9.78 Å². The van der Waals surface area contributed by atoms with Crippen LogP contribution >= 0.6 is 0 Å². The van der Waals surface area contributed by atoms with Crippen molar-refractivity contribution in [3.05, 3.63) is 124 Å². The van der Waals surface area contributed by atoms with E-state index in [0.29, 0.717) is 11.1 Å². The molecule has 1 aliphatic rings. The number of ether oxygens (including phenoxy) is 2. The Morgan fingerprint density at radius 2 is 1.65 bits per heavy atom. The van der Waals surface area contributed by atoms with E-state index in [0.717, 1.165) is 75.4 Å². The van der Waals surface area contributed by atoms with Gasteiger partial charge in [-0.3, -0.25) is 4.79 Å². The van der Waals surface area contributed by atoms with Crippen LogP contribution in [0.4, 0.5) is 0 Å². The first-order valence-corrected chi connectivity index (χ1v) is 15.8. The molecule has 5 aromatic rings. The zero-order valence-electron chi connectivity index (χ0n) is 27.4.